The van der Waals surface area contributed by atoms with Crippen LogP contribution in [0.15, 0.2) is 24.5 Å². The molecule has 1 N–H and O–H groups in total. The lowest BCUT2D eigenvalue weighted by Crippen LogP contribution is -2.21. The zero-order valence-electron chi connectivity index (χ0n) is 10.2. The van der Waals surface area contributed by atoms with Gasteiger partial charge in [-0.15, -0.1) is 0 Å². The van der Waals surface area contributed by atoms with Gasteiger partial charge < -0.3 is 10.0 Å². The van der Waals surface area contributed by atoms with Gasteiger partial charge in [0.2, 0.25) is 0 Å². The molecule has 5 nitrogen and oxygen atoms in total. The third-order valence-corrected chi connectivity index (χ3v) is 4.03. The quantitative estimate of drug-likeness (QED) is 0.919. The van der Waals surface area contributed by atoms with Crippen molar-refractivity contribution in [1.29, 1.82) is 0 Å². The molecule has 0 aliphatic rings. The van der Waals surface area contributed by atoms with Crippen LogP contribution in [-0.4, -0.2) is 27.6 Å². The minimum Gasteiger partial charge on any atom is -0.477 e. The lowest BCUT2D eigenvalue weighted by atomic mass is 10.2. The molecule has 0 aliphatic heterocycles. The summed E-state index contributed by atoms with van der Waals surface area (Å²) >= 11 is 6.91. The van der Waals surface area contributed by atoms with Crippen LogP contribution in [-0.2, 0) is 6.54 Å². The summed E-state index contributed by atoms with van der Waals surface area (Å²) in [5.74, 6) is -1.05. The first-order valence-corrected chi connectivity index (χ1v) is 6.84. The average molecular weight is 298 g/mol. The molecule has 19 heavy (non-hydrogen) atoms. The van der Waals surface area contributed by atoms with Crippen LogP contribution in [0.5, 0.6) is 0 Å². The fraction of sp³-hybridized carbons (Fsp3) is 0.250. The molecule has 2 aromatic rings. The van der Waals surface area contributed by atoms with Crippen LogP contribution >= 0.6 is 22.9 Å². The summed E-state index contributed by atoms with van der Waals surface area (Å²) in [5.41, 5.74) is 1.08. The van der Waals surface area contributed by atoms with Gasteiger partial charge in [-0.3, -0.25) is 4.98 Å². The van der Waals surface area contributed by atoms with E-state index in [0.29, 0.717) is 18.2 Å². The summed E-state index contributed by atoms with van der Waals surface area (Å²) in [4.78, 5) is 21.1. The summed E-state index contributed by atoms with van der Waals surface area (Å²) in [6.07, 6.45) is 3.45. The van der Waals surface area contributed by atoms with E-state index < -0.39 is 5.97 Å². The normalized spacial score (nSPS) is 10.4. The molecule has 2 aromatic heterocycles. The highest BCUT2D eigenvalue weighted by molar-refractivity contribution is 7.18. The first kappa shape index (κ1) is 13.8. The molecule has 0 aromatic carbocycles. The Kier molecular flexibility index (Phi) is 4.34. The first-order chi connectivity index (χ1) is 9.11. The molecule has 0 radical (unpaired) electrons. The molecule has 0 fully saturated rings. The lowest BCUT2D eigenvalue weighted by molar-refractivity contribution is 0.0702. The molecular formula is C12H12ClN3O2S. The second-order valence-electron chi connectivity index (χ2n) is 3.79. The van der Waals surface area contributed by atoms with Crippen LogP contribution < -0.4 is 4.90 Å². The van der Waals surface area contributed by atoms with Crippen LogP contribution in [0.1, 0.15) is 22.2 Å². The first-order valence-electron chi connectivity index (χ1n) is 5.65. The van der Waals surface area contributed by atoms with E-state index in [0.717, 1.165) is 16.9 Å². The number of halogens is 1. The zero-order valence-corrected chi connectivity index (χ0v) is 11.8. The zero-order chi connectivity index (χ0) is 13.8. The van der Waals surface area contributed by atoms with Crippen LogP contribution in [0.25, 0.3) is 0 Å². The highest BCUT2D eigenvalue weighted by Crippen LogP contribution is 2.30. The highest BCUT2D eigenvalue weighted by Gasteiger charge is 2.18. The van der Waals surface area contributed by atoms with Crippen molar-refractivity contribution in [3.05, 3.63) is 40.1 Å². The Balaban J connectivity index is 2.22. The number of anilines is 1. The number of hydrogen-bond acceptors (Lipinski definition) is 5. The van der Waals surface area contributed by atoms with Crippen molar-refractivity contribution < 1.29 is 9.90 Å². The summed E-state index contributed by atoms with van der Waals surface area (Å²) < 4.78 is 0. The number of carboxylic acids is 1. The minimum atomic E-state index is -1.05. The molecule has 0 saturated carbocycles. The van der Waals surface area contributed by atoms with Gasteiger partial charge in [0.15, 0.2) is 15.2 Å². The second-order valence-corrected chi connectivity index (χ2v) is 5.13. The van der Waals surface area contributed by atoms with Crippen molar-refractivity contribution in [1.82, 2.24) is 9.97 Å². The number of rotatable bonds is 5. The minimum absolute atomic E-state index is 0.0423. The van der Waals surface area contributed by atoms with Gasteiger partial charge in [-0.05, 0) is 24.6 Å². The number of aromatic carboxylic acids is 1. The Hall–Kier alpha value is -1.66. The summed E-state index contributed by atoms with van der Waals surface area (Å²) in [5, 5.41) is 9.64. The predicted molar refractivity (Wildman–Crippen MR) is 75.0 cm³/mol. The van der Waals surface area contributed by atoms with E-state index in [1.807, 2.05) is 24.0 Å². The number of hydrogen-bond donors (Lipinski definition) is 1. The molecule has 2 heterocycles. The number of carbonyl (C=O) groups is 1. The summed E-state index contributed by atoms with van der Waals surface area (Å²) in [6.45, 7) is 3.34. The van der Waals surface area contributed by atoms with Gasteiger partial charge >= 0.3 is 5.97 Å². The van der Waals surface area contributed by atoms with Crippen molar-refractivity contribution in [3.63, 3.8) is 0 Å². The van der Waals surface area contributed by atoms with E-state index in [-0.39, 0.29) is 10.0 Å². The monoisotopic (exact) mass is 297 g/mol. The average Bonchev–Trinajstić information content (AvgIpc) is 2.79. The molecular weight excluding hydrogens is 286 g/mol. The SMILES string of the molecule is CCN(Cc1ccncc1)c1nc(Cl)c(C(=O)O)s1. The maximum absolute atomic E-state index is 11.0. The van der Waals surface area contributed by atoms with E-state index in [9.17, 15) is 4.79 Å². The molecule has 2 rings (SSSR count). The van der Waals surface area contributed by atoms with E-state index in [2.05, 4.69) is 9.97 Å². The lowest BCUT2D eigenvalue weighted by Gasteiger charge is -2.19. The van der Waals surface area contributed by atoms with E-state index in [1.54, 1.807) is 12.4 Å². The summed E-state index contributed by atoms with van der Waals surface area (Å²) in [7, 11) is 0. The fourth-order valence-corrected chi connectivity index (χ4v) is 2.77. The van der Waals surface area contributed by atoms with Gasteiger partial charge in [0.25, 0.3) is 0 Å². The Labute approximate surface area is 119 Å². The predicted octanol–water partition coefficient (Wildman–Crippen LogP) is 2.92. The molecule has 100 valence electrons. The second kappa shape index (κ2) is 5.99. The van der Waals surface area contributed by atoms with Crippen molar-refractivity contribution >= 4 is 34.0 Å². The Morgan fingerprint density at radius 3 is 2.68 bits per heavy atom. The third-order valence-electron chi connectivity index (χ3n) is 2.54. The number of nitrogens with zero attached hydrogens (tertiary/aromatic N) is 3. The van der Waals surface area contributed by atoms with Gasteiger partial charge in [-0.1, -0.05) is 22.9 Å². The van der Waals surface area contributed by atoms with Crippen molar-refractivity contribution in [2.24, 2.45) is 0 Å². The van der Waals surface area contributed by atoms with Gasteiger partial charge in [0.05, 0.1) is 0 Å². The van der Waals surface area contributed by atoms with E-state index in [4.69, 9.17) is 16.7 Å². The highest BCUT2D eigenvalue weighted by atomic mass is 35.5. The number of aromatic nitrogens is 2. The van der Waals surface area contributed by atoms with Crippen LogP contribution in [0.4, 0.5) is 5.13 Å². The number of pyridine rings is 1. The van der Waals surface area contributed by atoms with Crippen molar-refractivity contribution in [2.75, 3.05) is 11.4 Å². The topological polar surface area (TPSA) is 66.3 Å². The molecule has 0 amide bonds. The van der Waals surface area contributed by atoms with Crippen molar-refractivity contribution in [2.45, 2.75) is 13.5 Å². The maximum atomic E-state index is 11.0. The molecule has 7 heteroatoms. The Bertz CT molecular complexity index is 574. The Morgan fingerprint density at radius 2 is 2.16 bits per heavy atom. The van der Waals surface area contributed by atoms with E-state index in [1.165, 1.54) is 0 Å². The molecule has 0 atom stereocenters. The van der Waals surface area contributed by atoms with Gasteiger partial charge in [0.1, 0.15) is 0 Å². The van der Waals surface area contributed by atoms with Gasteiger partial charge in [-0.2, -0.15) is 0 Å². The molecule has 0 unspecified atom stereocenters. The maximum Gasteiger partial charge on any atom is 0.349 e. The standard InChI is InChI=1S/C12H12ClN3O2S/c1-2-16(7-8-3-5-14-6-4-8)12-15-10(13)9(19-12)11(17)18/h3-6H,2,7H2,1H3,(H,17,18). The molecule has 0 aliphatic carbocycles. The smallest absolute Gasteiger partial charge is 0.349 e. The number of carboxylic acid groups (broad SMARTS) is 1. The third kappa shape index (κ3) is 3.21. The number of thiazole rings is 1. The molecule has 0 spiro atoms. The van der Waals surface area contributed by atoms with Crippen LogP contribution in [0.3, 0.4) is 0 Å². The fourth-order valence-electron chi connectivity index (χ4n) is 1.58. The van der Waals surface area contributed by atoms with Gasteiger partial charge in [0, 0.05) is 25.5 Å². The molecule has 0 bridgehead atoms. The summed E-state index contributed by atoms with van der Waals surface area (Å²) in [6, 6.07) is 3.83. The van der Waals surface area contributed by atoms with Crippen LogP contribution in [0.2, 0.25) is 5.15 Å². The van der Waals surface area contributed by atoms with Gasteiger partial charge in [-0.25, -0.2) is 9.78 Å². The van der Waals surface area contributed by atoms with Crippen molar-refractivity contribution in [3.8, 4) is 0 Å². The Morgan fingerprint density at radius 1 is 1.47 bits per heavy atom. The molecule has 0 saturated heterocycles. The van der Waals surface area contributed by atoms with Crippen LogP contribution in [0, 0.1) is 0 Å². The largest absolute Gasteiger partial charge is 0.477 e. The van der Waals surface area contributed by atoms with E-state index >= 15 is 0 Å².